The van der Waals surface area contributed by atoms with Gasteiger partial charge in [-0.25, -0.2) is 4.79 Å². The molecule has 3 amide bonds. The second kappa shape index (κ2) is 9.42. The highest BCUT2D eigenvalue weighted by molar-refractivity contribution is 5.96. The minimum atomic E-state index is -0.509. The van der Waals surface area contributed by atoms with E-state index in [9.17, 15) is 9.59 Å². The zero-order chi connectivity index (χ0) is 16.8. The van der Waals surface area contributed by atoms with Gasteiger partial charge >= 0.3 is 6.03 Å². The molecule has 1 aliphatic rings. The first kappa shape index (κ1) is 20.2. The van der Waals surface area contributed by atoms with Crippen molar-refractivity contribution in [2.24, 2.45) is 5.73 Å². The maximum Gasteiger partial charge on any atom is 0.321 e. The minimum Gasteiger partial charge on any atom is -0.334 e. The molecule has 4 N–H and O–H groups in total. The summed E-state index contributed by atoms with van der Waals surface area (Å²) in [7, 11) is 0. The minimum absolute atomic E-state index is 0. The number of imide groups is 1. The molecule has 132 valence electrons. The third-order valence-electron chi connectivity index (χ3n) is 4.19. The van der Waals surface area contributed by atoms with Gasteiger partial charge in [0.1, 0.15) is 0 Å². The SMILES string of the molecule is C=CCNC(=O)NC(=O)C(C)N1C[C@@H](N)[C@H](c2ccccc2)C1.Cl. The van der Waals surface area contributed by atoms with E-state index in [1.807, 2.05) is 23.1 Å². The summed E-state index contributed by atoms with van der Waals surface area (Å²) in [4.78, 5) is 25.7. The molecule has 1 aliphatic heterocycles. The lowest BCUT2D eigenvalue weighted by Gasteiger charge is -2.23. The average molecular weight is 353 g/mol. The third-order valence-corrected chi connectivity index (χ3v) is 4.19. The molecule has 6 nitrogen and oxygen atoms in total. The van der Waals surface area contributed by atoms with E-state index in [2.05, 4.69) is 29.3 Å². The van der Waals surface area contributed by atoms with E-state index in [-0.39, 0.29) is 30.3 Å². The molecule has 1 aromatic carbocycles. The Morgan fingerprint density at radius 1 is 1.38 bits per heavy atom. The molecular formula is C17H25ClN4O2. The molecule has 1 fully saturated rings. The Labute approximate surface area is 148 Å². The van der Waals surface area contributed by atoms with Crippen LogP contribution in [-0.2, 0) is 4.79 Å². The number of urea groups is 1. The van der Waals surface area contributed by atoms with E-state index in [0.717, 1.165) is 0 Å². The Balaban J connectivity index is 0.00000288. The lowest BCUT2D eigenvalue weighted by Crippen LogP contribution is -2.49. The van der Waals surface area contributed by atoms with Crippen LogP contribution in [0, 0.1) is 0 Å². The van der Waals surface area contributed by atoms with Crippen molar-refractivity contribution in [3.05, 3.63) is 48.6 Å². The molecule has 0 saturated carbocycles. The number of nitrogens with zero attached hydrogens (tertiary/aromatic N) is 1. The Morgan fingerprint density at radius 3 is 2.67 bits per heavy atom. The number of nitrogens with two attached hydrogens (primary N) is 1. The van der Waals surface area contributed by atoms with E-state index in [4.69, 9.17) is 5.73 Å². The van der Waals surface area contributed by atoms with Crippen molar-refractivity contribution in [2.75, 3.05) is 19.6 Å². The Kier molecular flexibility index (Phi) is 7.91. The number of likely N-dealkylation sites (tertiary alicyclic amines) is 1. The summed E-state index contributed by atoms with van der Waals surface area (Å²) in [5.74, 6) is -0.131. The van der Waals surface area contributed by atoms with Crippen LogP contribution in [-0.4, -0.2) is 48.6 Å². The summed E-state index contributed by atoms with van der Waals surface area (Å²) in [6.07, 6.45) is 1.55. The van der Waals surface area contributed by atoms with Crippen molar-refractivity contribution in [3.8, 4) is 0 Å². The first-order chi connectivity index (χ1) is 11.0. The standard InChI is InChI=1S/C17H24N4O2.ClH/c1-3-9-19-17(23)20-16(22)12(2)21-10-14(15(18)11-21)13-7-5-4-6-8-13;/h3-8,12,14-15H,1,9-11,18H2,2H3,(H2,19,20,22,23);1H/t12?,14-,15+;/m0./s1. The van der Waals surface area contributed by atoms with Crippen LogP contribution < -0.4 is 16.4 Å². The summed E-state index contributed by atoms with van der Waals surface area (Å²) in [5, 5.41) is 4.86. The average Bonchev–Trinajstić information content (AvgIpc) is 2.94. The molecule has 0 aromatic heterocycles. The molecule has 1 heterocycles. The van der Waals surface area contributed by atoms with Gasteiger partial charge in [-0.3, -0.25) is 15.0 Å². The topological polar surface area (TPSA) is 87.5 Å². The van der Waals surface area contributed by atoms with Crippen LogP contribution in [0.2, 0.25) is 0 Å². The van der Waals surface area contributed by atoms with Gasteiger partial charge in [0.25, 0.3) is 0 Å². The van der Waals surface area contributed by atoms with Gasteiger partial charge in [-0.15, -0.1) is 19.0 Å². The number of hydrogen-bond acceptors (Lipinski definition) is 4. The fraction of sp³-hybridized carbons (Fsp3) is 0.412. The van der Waals surface area contributed by atoms with Gasteiger partial charge in [0.15, 0.2) is 0 Å². The van der Waals surface area contributed by atoms with Crippen LogP contribution in [0.25, 0.3) is 0 Å². The van der Waals surface area contributed by atoms with Gasteiger partial charge in [0.2, 0.25) is 5.91 Å². The summed E-state index contributed by atoms with van der Waals surface area (Å²) in [5.41, 5.74) is 7.42. The maximum absolute atomic E-state index is 12.2. The molecule has 2 rings (SSSR count). The quantitative estimate of drug-likeness (QED) is 0.696. The highest BCUT2D eigenvalue weighted by Crippen LogP contribution is 2.27. The number of nitrogens with one attached hydrogen (secondary N) is 2. The van der Waals surface area contributed by atoms with E-state index < -0.39 is 12.1 Å². The first-order valence-electron chi connectivity index (χ1n) is 7.77. The monoisotopic (exact) mass is 352 g/mol. The van der Waals surface area contributed by atoms with Gasteiger partial charge in [0, 0.05) is 31.6 Å². The molecule has 24 heavy (non-hydrogen) atoms. The molecule has 0 radical (unpaired) electrons. The largest absolute Gasteiger partial charge is 0.334 e. The fourth-order valence-corrected chi connectivity index (χ4v) is 2.82. The van der Waals surface area contributed by atoms with Gasteiger partial charge in [0.05, 0.1) is 6.04 Å². The van der Waals surface area contributed by atoms with E-state index >= 15 is 0 Å². The molecule has 0 spiro atoms. The number of benzene rings is 1. The van der Waals surface area contributed by atoms with Gasteiger partial charge in [-0.05, 0) is 12.5 Å². The lowest BCUT2D eigenvalue weighted by atomic mass is 9.95. The smallest absolute Gasteiger partial charge is 0.321 e. The molecular weight excluding hydrogens is 328 g/mol. The van der Waals surface area contributed by atoms with Crippen LogP contribution in [0.15, 0.2) is 43.0 Å². The second-order valence-electron chi connectivity index (χ2n) is 5.80. The second-order valence-corrected chi connectivity index (χ2v) is 5.80. The highest BCUT2D eigenvalue weighted by Gasteiger charge is 2.35. The van der Waals surface area contributed by atoms with Crippen LogP contribution >= 0.6 is 12.4 Å². The zero-order valence-electron chi connectivity index (χ0n) is 13.8. The van der Waals surface area contributed by atoms with Crippen molar-refractivity contribution >= 4 is 24.3 Å². The van der Waals surface area contributed by atoms with Crippen LogP contribution in [0.5, 0.6) is 0 Å². The number of amides is 3. The summed E-state index contributed by atoms with van der Waals surface area (Å²) < 4.78 is 0. The Hall–Kier alpha value is -1.89. The molecule has 7 heteroatoms. The molecule has 1 saturated heterocycles. The van der Waals surface area contributed by atoms with E-state index in [1.54, 1.807) is 13.0 Å². The number of rotatable bonds is 5. The predicted octanol–water partition coefficient (Wildman–Crippen LogP) is 1.24. The van der Waals surface area contributed by atoms with Crippen molar-refractivity contribution in [2.45, 2.75) is 24.9 Å². The van der Waals surface area contributed by atoms with E-state index in [1.165, 1.54) is 5.56 Å². The van der Waals surface area contributed by atoms with Gasteiger partial charge in [-0.2, -0.15) is 0 Å². The van der Waals surface area contributed by atoms with Crippen molar-refractivity contribution in [1.29, 1.82) is 0 Å². The molecule has 1 aromatic rings. The van der Waals surface area contributed by atoms with Gasteiger partial charge in [-0.1, -0.05) is 36.4 Å². The number of hydrogen-bond donors (Lipinski definition) is 3. The lowest BCUT2D eigenvalue weighted by molar-refractivity contribution is -0.124. The van der Waals surface area contributed by atoms with E-state index in [0.29, 0.717) is 19.6 Å². The Bertz CT molecular complexity index is 567. The number of carbonyl (C=O) groups is 2. The van der Waals surface area contributed by atoms with Crippen molar-refractivity contribution in [3.63, 3.8) is 0 Å². The van der Waals surface area contributed by atoms with Gasteiger partial charge < -0.3 is 11.1 Å². The maximum atomic E-state index is 12.2. The summed E-state index contributed by atoms with van der Waals surface area (Å²) in [6, 6.07) is 9.12. The highest BCUT2D eigenvalue weighted by atomic mass is 35.5. The van der Waals surface area contributed by atoms with Crippen LogP contribution in [0.3, 0.4) is 0 Å². The molecule has 1 unspecified atom stereocenters. The molecule has 3 atom stereocenters. The normalized spacial score (nSPS) is 21.4. The number of carbonyl (C=O) groups excluding carboxylic acids is 2. The summed E-state index contributed by atoms with van der Waals surface area (Å²) >= 11 is 0. The fourth-order valence-electron chi connectivity index (χ4n) is 2.82. The third kappa shape index (κ3) is 5.06. The van der Waals surface area contributed by atoms with Crippen LogP contribution in [0.4, 0.5) is 4.79 Å². The van der Waals surface area contributed by atoms with Crippen LogP contribution in [0.1, 0.15) is 18.4 Å². The molecule has 0 bridgehead atoms. The number of halogens is 1. The summed E-state index contributed by atoms with van der Waals surface area (Å²) in [6.45, 7) is 6.94. The first-order valence-corrected chi connectivity index (χ1v) is 7.77. The molecule has 0 aliphatic carbocycles. The predicted molar refractivity (Wildman–Crippen MR) is 97.2 cm³/mol. The van der Waals surface area contributed by atoms with Crippen molar-refractivity contribution in [1.82, 2.24) is 15.5 Å². The Morgan fingerprint density at radius 2 is 2.04 bits per heavy atom. The van der Waals surface area contributed by atoms with Crippen molar-refractivity contribution < 1.29 is 9.59 Å². The zero-order valence-corrected chi connectivity index (χ0v) is 14.6.